The van der Waals surface area contributed by atoms with E-state index in [0.717, 1.165) is 16.2 Å². The van der Waals surface area contributed by atoms with Gasteiger partial charge in [0.1, 0.15) is 5.01 Å². The normalized spacial score (nSPS) is 15.8. The molecule has 11 nitrogen and oxygen atoms in total. The third-order valence-corrected chi connectivity index (χ3v) is 6.36. The van der Waals surface area contributed by atoms with Crippen LogP contribution in [-0.4, -0.2) is 39.0 Å². The van der Waals surface area contributed by atoms with Gasteiger partial charge in [-0.15, -0.1) is 10.2 Å². The highest BCUT2D eigenvalue weighted by Crippen LogP contribution is 2.44. The fourth-order valence-electron chi connectivity index (χ4n) is 3.98. The molecule has 176 valence electrons. The Morgan fingerprint density at radius 1 is 1.23 bits per heavy atom. The van der Waals surface area contributed by atoms with Crippen LogP contribution >= 0.6 is 11.3 Å². The molecule has 0 saturated heterocycles. The summed E-state index contributed by atoms with van der Waals surface area (Å²) in [6.45, 7) is 1.69. The van der Waals surface area contributed by atoms with Crippen molar-refractivity contribution in [3.63, 3.8) is 0 Å². The Kier molecular flexibility index (Phi) is 5.29. The smallest absolute Gasteiger partial charge is 0.296 e. The number of ether oxygens (including phenoxy) is 1. The maximum absolute atomic E-state index is 13.7. The highest BCUT2D eigenvalue weighted by Gasteiger charge is 2.47. The zero-order valence-corrected chi connectivity index (χ0v) is 19.1. The molecule has 4 aromatic rings. The molecule has 0 bridgehead atoms. The summed E-state index contributed by atoms with van der Waals surface area (Å²) in [7, 11) is 1.46. The zero-order valence-electron chi connectivity index (χ0n) is 18.3. The Labute approximate surface area is 201 Å². The molecule has 0 saturated carbocycles. The number of hydrogen-bond donors (Lipinski definition) is 1. The molecule has 2 aromatic carbocycles. The maximum Gasteiger partial charge on any atom is 0.296 e. The van der Waals surface area contributed by atoms with E-state index < -0.39 is 28.4 Å². The number of fused-ring (bicyclic) bond motifs is 1. The quantitative estimate of drug-likeness (QED) is 0.236. The van der Waals surface area contributed by atoms with Crippen molar-refractivity contribution in [2.45, 2.75) is 13.0 Å². The number of ketones is 1. The number of nitrogens with zero attached hydrogens (tertiary/aromatic N) is 4. The third kappa shape index (κ3) is 3.60. The van der Waals surface area contributed by atoms with Gasteiger partial charge in [0.2, 0.25) is 10.9 Å². The van der Waals surface area contributed by atoms with Gasteiger partial charge in [0.25, 0.3) is 11.6 Å². The first-order chi connectivity index (χ1) is 16.8. The van der Waals surface area contributed by atoms with Crippen LogP contribution in [0, 0.1) is 17.0 Å². The van der Waals surface area contributed by atoms with Crippen molar-refractivity contribution in [2.24, 2.45) is 0 Å². The molecule has 3 heterocycles. The standard InChI is InChI=1S/C23H16N4O7S/c1-11-24-25-23(35-11)26-18(12-5-3-7-14(9-12)27(31)32)17(20(29)22(26)30)19(28)16-10-13-6-4-8-15(33-2)21(13)34-16/h3-10,18,29H,1-2H3/t18-/m0/s1. The molecule has 35 heavy (non-hydrogen) atoms. The number of nitro groups is 1. The van der Waals surface area contributed by atoms with Crippen LogP contribution in [0.5, 0.6) is 5.75 Å². The number of aliphatic hydroxyl groups excluding tert-OH is 1. The van der Waals surface area contributed by atoms with Crippen molar-refractivity contribution in [3.8, 4) is 5.75 Å². The molecule has 1 aliphatic rings. The van der Waals surface area contributed by atoms with Gasteiger partial charge in [-0.2, -0.15) is 0 Å². The number of methoxy groups -OCH3 is 1. The van der Waals surface area contributed by atoms with Crippen molar-refractivity contribution in [3.05, 3.63) is 86.3 Å². The second-order valence-corrected chi connectivity index (χ2v) is 8.77. The van der Waals surface area contributed by atoms with Gasteiger partial charge >= 0.3 is 0 Å². The Morgan fingerprint density at radius 3 is 2.69 bits per heavy atom. The fourth-order valence-corrected chi connectivity index (χ4v) is 4.70. The van der Waals surface area contributed by atoms with E-state index in [4.69, 9.17) is 9.15 Å². The predicted octanol–water partition coefficient (Wildman–Crippen LogP) is 4.29. The highest BCUT2D eigenvalue weighted by molar-refractivity contribution is 7.15. The molecule has 0 spiro atoms. The van der Waals surface area contributed by atoms with Gasteiger partial charge in [-0.25, -0.2) is 0 Å². The molecule has 12 heteroatoms. The molecule has 0 unspecified atom stereocenters. The average molecular weight is 492 g/mol. The van der Waals surface area contributed by atoms with E-state index >= 15 is 0 Å². The summed E-state index contributed by atoms with van der Waals surface area (Å²) in [4.78, 5) is 38.7. The Hall–Kier alpha value is -4.58. The van der Waals surface area contributed by atoms with Gasteiger partial charge in [-0.3, -0.25) is 24.6 Å². The number of para-hydroxylation sites is 1. The summed E-state index contributed by atoms with van der Waals surface area (Å²) >= 11 is 1.08. The zero-order chi connectivity index (χ0) is 24.9. The number of aromatic nitrogens is 2. The van der Waals surface area contributed by atoms with Gasteiger partial charge in [0.15, 0.2) is 22.9 Å². The molecule has 0 radical (unpaired) electrons. The first kappa shape index (κ1) is 22.2. The van der Waals surface area contributed by atoms with Crippen LogP contribution in [0.15, 0.2) is 64.3 Å². The summed E-state index contributed by atoms with van der Waals surface area (Å²) < 4.78 is 11.0. The number of aryl methyl sites for hydroxylation is 1. The van der Waals surface area contributed by atoms with E-state index in [-0.39, 0.29) is 27.7 Å². The first-order valence-corrected chi connectivity index (χ1v) is 11.0. The minimum atomic E-state index is -1.20. The van der Waals surface area contributed by atoms with Crippen molar-refractivity contribution in [1.29, 1.82) is 0 Å². The van der Waals surface area contributed by atoms with Gasteiger partial charge in [0.05, 0.1) is 23.6 Å². The van der Waals surface area contributed by atoms with E-state index in [1.54, 1.807) is 25.1 Å². The number of Topliss-reactive ketones (excluding diaryl/α,β-unsaturated/α-hetero) is 1. The Balaban J connectivity index is 1.68. The van der Waals surface area contributed by atoms with Gasteiger partial charge in [0, 0.05) is 17.5 Å². The highest BCUT2D eigenvalue weighted by atomic mass is 32.1. The SMILES string of the molecule is COc1cccc2cc(C(=O)C3=C(O)C(=O)N(c4nnc(C)s4)[C@H]3c3cccc([N+](=O)[O-])c3)oc12. The summed E-state index contributed by atoms with van der Waals surface area (Å²) in [6, 6.07) is 10.9. The van der Waals surface area contributed by atoms with E-state index in [2.05, 4.69) is 10.2 Å². The van der Waals surface area contributed by atoms with Gasteiger partial charge < -0.3 is 14.3 Å². The molecule has 0 fully saturated rings. The molecule has 2 aromatic heterocycles. The number of carbonyl (C=O) groups is 2. The van der Waals surface area contributed by atoms with Crippen LogP contribution in [0.25, 0.3) is 11.0 Å². The number of aliphatic hydroxyl groups is 1. The average Bonchev–Trinajstić information content (AvgIpc) is 3.55. The van der Waals surface area contributed by atoms with Gasteiger partial charge in [-0.05, 0) is 24.6 Å². The minimum Gasteiger partial charge on any atom is -0.503 e. The molecule has 1 N–H and O–H groups in total. The largest absolute Gasteiger partial charge is 0.503 e. The van der Waals surface area contributed by atoms with E-state index in [0.29, 0.717) is 21.7 Å². The molecular weight excluding hydrogens is 476 g/mol. The lowest BCUT2D eigenvalue weighted by atomic mass is 9.95. The molecule has 1 amide bonds. The van der Waals surface area contributed by atoms with E-state index in [9.17, 15) is 24.8 Å². The van der Waals surface area contributed by atoms with Crippen molar-refractivity contribution < 1.29 is 28.8 Å². The van der Waals surface area contributed by atoms with Crippen LogP contribution in [-0.2, 0) is 4.79 Å². The van der Waals surface area contributed by atoms with E-state index in [1.807, 2.05) is 0 Å². The van der Waals surface area contributed by atoms with Gasteiger partial charge in [-0.1, -0.05) is 35.6 Å². The summed E-state index contributed by atoms with van der Waals surface area (Å²) in [5.74, 6) is -2.16. The van der Waals surface area contributed by atoms with Crippen LogP contribution in [0.4, 0.5) is 10.8 Å². The van der Waals surface area contributed by atoms with Crippen LogP contribution < -0.4 is 9.64 Å². The Bertz CT molecular complexity index is 1550. The lowest BCUT2D eigenvalue weighted by molar-refractivity contribution is -0.384. The third-order valence-electron chi connectivity index (χ3n) is 5.52. The molecule has 1 atom stereocenters. The lowest BCUT2D eigenvalue weighted by Crippen LogP contribution is -2.31. The Morgan fingerprint density at radius 2 is 2.00 bits per heavy atom. The minimum absolute atomic E-state index is 0.129. The molecule has 1 aliphatic heterocycles. The van der Waals surface area contributed by atoms with Crippen LogP contribution in [0.2, 0.25) is 0 Å². The maximum atomic E-state index is 13.7. The van der Waals surface area contributed by atoms with Crippen molar-refractivity contribution in [2.75, 3.05) is 12.0 Å². The lowest BCUT2D eigenvalue weighted by Gasteiger charge is -2.23. The summed E-state index contributed by atoms with van der Waals surface area (Å²) in [5.41, 5.74) is 0.0316. The van der Waals surface area contributed by atoms with Crippen molar-refractivity contribution in [1.82, 2.24) is 10.2 Å². The first-order valence-electron chi connectivity index (χ1n) is 10.2. The predicted molar refractivity (Wildman–Crippen MR) is 125 cm³/mol. The number of rotatable bonds is 6. The number of hydrogen-bond acceptors (Lipinski definition) is 10. The number of furan rings is 1. The number of non-ortho nitro benzene ring substituents is 1. The molecular formula is C23H16N4O7S. The van der Waals surface area contributed by atoms with Crippen LogP contribution in [0.1, 0.15) is 27.2 Å². The van der Waals surface area contributed by atoms with Crippen LogP contribution in [0.3, 0.4) is 0 Å². The number of nitro benzene ring substituents is 1. The second kappa shape index (κ2) is 8.33. The fraction of sp³-hybridized carbons (Fsp3) is 0.130. The number of anilines is 1. The van der Waals surface area contributed by atoms with Crippen molar-refractivity contribution >= 4 is 44.8 Å². The number of amides is 1. The number of carbonyl (C=O) groups excluding carboxylic acids is 2. The second-order valence-electron chi connectivity index (χ2n) is 7.61. The monoisotopic (exact) mass is 492 g/mol. The molecule has 5 rings (SSSR count). The summed E-state index contributed by atoms with van der Waals surface area (Å²) in [5, 5.41) is 31.4. The van der Waals surface area contributed by atoms with E-state index in [1.165, 1.54) is 37.4 Å². The summed E-state index contributed by atoms with van der Waals surface area (Å²) in [6.07, 6.45) is 0. The number of benzene rings is 2. The molecule has 0 aliphatic carbocycles. The topological polar surface area (TPSA) is 149 Å².